The first-order chi connectivity index (χ1) is 10.8. The molecule has 4 nitrogen and oxygen atoms in total. The molecule has 1 heterocycles. The molecular formula is C18H19NO3. The monoisotopic (exact) mass is 297 g/mol. The van der Waals surface area contributed by atoms with Crippen LogP contribution in [-0.2, 0) is 11.2 Å². The van der Waals surface area contributed by atoms with Crippen molar-refractivity contribution in [1.82, 2.24) is 4.90 Å². The number of benzene rings is 2. The van der Waals surface area contributed by atoms with Crippen molar-refractivity contribution in [3.05, 3.63) is 71.8 Å². The first-order valence-corrected chi connectivity index (χ1v) is 7.44. The molecule has 1 N–H and O–H groups in total. The van der Waals surface area contributed by atoms with Gasteiger partial charge in [0.2, 0.25) is 0 Å². The van der Waals surface area contributed by atoms with E-state index in [1.165, 1.54) is 0 Å². The summed E-state index contributed by atoms with van der Waals surface area (Å²) in [5, 5.41) is 9.78. The van der Waals surface area contributed by atoms with E-state index in [0.717, 1.165) is 11.1 Å². The highest BCUT2D eigenvalue weighted by Crippen LogP contribution is 2.30. The van der Waals surface area contributed by atoms with Gasteiger partial charge in [0.15, 0.2) is 0 Å². The lowest BCUT2D eigenvalue weighted by atomic mass is 10.0. The molecule has 0 aromatic heterocycles. The van der Waals surface area contributed by atoms with Crippen LogP contribution in [0.2, 0.25) is 0 Å². The van der Waals surface area contributed by atoms with Gasteiger partial charge < -0.3 is 9.84 Å². The molecule has 3 rings (SSSR count). The van der Waals surface area contributed by atoms with E-state index < -0.39 is 0 Å². The highest BCUT2D eigenvalue weighted by molar-refractivity contribution is 5.71. The Morgan fingerprint density at radius 2 is 1.73 bits per heavy atom. The largest absolute Gasteiger partial charge is 0.447 e. The van der Waals surface area contributed by atoms with Gasteiger partial charge in [0.1, 0.15) is 6.61 Å². The van der Waals surface area contributed by atoms with E-state index in [1.807, 2.05) is 60.7 Å². The third-order valence-corrected chi connectivity index (χ3v) is 4.01. The van der Waals surface area contributed by atoms with Gasteiger partial charge >= 0.3 is 6.09 Å². The average Bonchev–Trinajstić information content (AvgIpc) is 2.96. The fraction of sp³-hybridized carbons (Fsp3) is 0.278. The van der Waals surface area contributed by atoms with E-state index in [1.54, 1.807) is 4.90 Å². The van der Waals surface area contributed by atoms with Crippen molar-refractivity contribution < 1.29 is 14.6 Å². The fourth-order valence-corrected chi connectivity index (χ4v) is 2.90. The molecule has 114 valence electrons. The maximum absolute atomic E-state index is 12.1. The Hall–Kier alpha value is -2.33. The molecule has 0 aliphatic carbocycles. The third kappa shape index (κ3) is 2.97. The molecule has 2 atom stereocenters. The average molecular weight is 297 g/mol. The van der Waals surface area contributed by atoms with Crippen molar-refractivity contribution in [2.24, 2.45) is 0 Å². The zero-order valence-electron chi connectivity index (χ0n) is 12.3. The van der Waals surface area contributed by atoms with Crippen LogP contribution in [0.3, 0.4) is 0 Å². The lowest BCUT2D eigenvalue weighted by molar-refractivity contribution is 0.115. The van der Waals surface area contributed by atoms with Crippen molar-refractivity contribution in [2.45, 2.75) is 18.5 Å². The number of amides is 1. The van der Waals surface area contributed by atoms with Crippen molar-refractivity contribution in [3.8, 4) is 0 Å². The number of nitrogens with zero attached hydrogens (tertiary/aromatic N) is 1. The quantitative estimate of drug-likeness (QED) is 0.923. The van der Waals surface area contributed by atoms with Gasteiger partial charge in [-0.15, -0.1) is 0 Å². The zero-order valence-corrected chi connectivity index (χ0v) is 12.3. The number of hydrogen-bond donors (Lipinski definition) is 1. The highest BCUT2D eigenvalue weighted by Gasteiger charge is 2.38. The van der Waals surface area contributed by atoms with Gasteiger partial charge in [0, 0.05) is 0 Å². The predicted octanol–water partition coefficient (Wildman–Crippen LogP) is 2.78. The number of aliphatic hydroxyl groups is 1. The number of rotatable bonds is 5. The Balaban J connectivity index is 1.83. The van der Waals surface area contributed by atoms with Gasteiger partial charge in [-0.25, -0.2) is 4.79 Å². The molecule has 4 heteroatoms. The van der Waals surface area contributed by atoms with E-state index in [0.29, 0.717) is 13.0 Å². The summed E-state index contributed by atoms with van der Waals surface area (Å²) in [5.74, 6) is 0. The van der Waals surface area contributed by atoms with E-state index >= 15 is 0 Å². The van der Waals surface area contributed by atoms with Gasteiger partial charge in [-0.1, -0.05) is 60.7 Å². The Labute approximate surface area is 130 Å². The molecule has 2 aromatic carbocycles. The molecule has 1 aliphatic heterocycles. The van der Waals surface area contributed by atoms with Crippen molar-refractivity contribution >= 4 is 6.09 Å². The number of cyclic esters (lactones) is 1. The Bertz CT molecular complexity index is 615. The van der Waals surface area contributed by atoms with Crippen LogP contribution in [0.15, 0.2) is 60.7 Å². The van der Waals surface area contributed by atoms with Crippen LogP contribution in [0.25, 0.3) is 0 Å². The summed E-state index contributed by atoms with van der Waals surface area (Å²) in [6.45, 7) is 0.238. The minimum atomic E-state index is -0.358. The molecule has 1 fully saturated rings. The van der Waals surface area contributed by atoms with Gasteiger partial charge in [0.25, 0.3) is 0 Å². The summed E-state index contributed by atoms with van der Waals surface area (Å²) in [4.78, 5) is 13.8. The first kappa shape index (κ1) is 14.6. The molecule has 2 aromatic rings. The van der Waals surface area contributed by atoms with E-state index in [4.69, 9.17) is 4.74 Å². The van der Waals surface area contributed by atoms with E-state index in [-0.39, 0.29) is 24.8 Å². The molecule has 0 bridgehead atoms. The second-order valence-electron chi connectivity index (χ2n) is 5.44. The molecule has 0 spiro atoms. The van der Waals surface area contributed by atoms with Crippen LogP contribution in [0.5, 0.6) is 0 Å². The van der Waals surface area contributed by atoms with Gasteiger partial charge in [0.05, 0.1) is 18.7 Å². The summed E-state index contributed by atoms with van der Waals surface area (Å²) in [7, 11) is 0. The van der Waals surface area contributed by atoms with Crippen molar-refractivity contribution in [2.75, 3.05) is 13.2 Å². The minimum absolute atomic E-state index is 0.0900. The van der Waals surface area contributed by atoms with Crippen LogP contribution in [0.1, 0.15) is 17.2 Å². The van der Waals surface area contributed by atoms with Crippen LogP contribution < -0.4 is 0 Å². The molecule has 22 heavy (non-hydrogen) atoms. The zero-order chi connectivity index (χ0) is 15.4. The molecule has 1 aliphatic rings. The number of ether oxygens (including phenoxy) is 1. The number of hydrogen-bond acceptors (Lipinski definition) is 3. The van der Waals surface area contributed by atoms with Crippen LogP contribution in [0.4, 0.5) is 4.79 Å². The summed E-state index contributed by atoms with van der Waals surface area (Å²) < 4.78 is 5.23. The maximum Gasteiger partial charge on any atom is 0.410 e. The Morgan fingerprint density at radius 1 is 1.09 bits per heavy atom. The molecular weight excluding hydrogens is 278 g/mol. The Morgan fingerprint density at radius 3 is 2.36 bits per heavy atom. The predicted molar refractivity (Wildman–Crippen MR) is 83.4 cm³/mol. The lowest BCUT2D eigenvalue weighted by Gasteiger charge is -2.29. The highest BCUT2D eigenvalue weighted by atomic mass is 16.6. The molecule has 0 unspecified atom stereocenters. The topological polar surface area (TPSA) is 49.8 Å². The van der Waals surface area contributed by atoms with E-state index in [9.17, 15) is 9.90 Å². The summed E-state index contributed by atoms with van der Waals surface area (Å²) in [5.41, 5.74) is 2.12. The standard InChI is InChI=1S/C18H19NO3/c20-12-16(11-14-7-3-1-4-8-14)19-17(13-22-18(19)21)15-9-5-2-6-10-15/h1-10,16-17,20H,11-13H2/t16-,17-/m0/s1. The maximum atomic E-state index is 12.1. The van der Waals surface area contributed by atoms with Gasteiger partial charge in [-0.2, -0.15) is 0 Å². The smallest absolute Gasteiger partial charge is 0.410 e. The second kappa shape index (κ2) is 6.62. The number of aliphatic hydroxyl groups excluding tert-OH is 1. The number of carbonyl (C=O) groups excluding carboxylic acids is 1. The summed E-state index contributed by atoms with van der Waals surface area (Å²) in [6.07, 6.45) is 0.249. The van der Waals surface area contributed by atoms with Crippen LogP contribution in [-0.4, -0.2) is 35.4 Å². The summed E-state index contributed by atoms with van der Waals surface area (Å²) >= 11 is 0. The first-order valence-electron chi connectivity index (χ1n) is 7.44. The van der Waals surface area contributed by atoms with Crippen LogP contribution >= 0.6 is 0 Å². The molecule has 0 saturated carbocycles. The van der Waals surface area contributed by atoms with E-state index in [2.05, 4.69) is 0 Å². The molecule has 0 radical (unpaired) electrons. The minimum Gasteiger partial charge on any atom is -0.447 e. The van der Waals surface area contributed by atoms with Crippen molar-refractivity contribution in [1.29, 1.82) is 0 Å². The normalized spacial score (nSPS) is 19.0. The lowest BCUT2D eigenvalue weighted by Crippen LogP contribution is -2.41. The second-order valence-corrected chi connectivity index (χ2v) is 5.44. The van der Waals surface area contributed by atoms with Gasteiger partial charge in [-0.05, 0) is 17.5 Å². The third-order valence-electron chi connectivity index (χ3n) is 4.01. The Kier molecular flexibility index (Phi) is 4.39. The fourth-order valence-electron chi connectivity index (χ4n) is 2.90. The number of carbonyl (C=O) groups is 1. The molecule has 1 saturated heterocycles. The SMILES string of the molecule is O=C1OC[C@@H](c2ccccc2)N1[C@H](CO)Cc1ccccc1. The molecule has 1 amide bonds. The van der Waals surface area contributed by atoms with Crippen molar-refractivity contribution in [3.63, 3.8) is 0 Å². The summed E-state index contributed by atoms with van der Waals surface area (Å²) in [6, 6.07) is 19.2. The van der Waals surface area contributed by atoms with Crippen LogP contribution in [0, 0.1) is 0 Å². The van der Waals surface area contributed by atoms with Gasteiger partial charge in [-0.3, -0.25) is 4.90 Å².